The number of fused-ring (bicyclic) bond motifs is 1. The molecule has 0 aliphatic carbocycles. The number of carboxylic acids is 1. The number of rotatable bonds is 6. The zero-order valence-electron chi connectivity index (χ0n) is 12.7. The van der Waals surface area contributed by atoms with Gasteiger partial charge in [-0.2, -0.15) is 0 Å². The molecule has 2 aromatic rings. The van der Waals surface area contributed by atoms with E-state index >= 15 is 0 Å². The maximum atomic E-state index is 11.0. The summed E-state index contributed by atoms with van der Waals surface area (Å²) in [6, 6.07) is 7.08. The van der Waals surface area contributed by atoms with Gasteiger partial charge in [-0.3, -0.25) is 4.98 Å². The van der Waals surface area contributed by atoms with Gasteiger partial charge in [0.05, 0.1) is 31.7 Å². The number of carbonyl (C=O) groups is 1. The van der Waals surface area contributed by atoms with Gasteiger partial charge < -0.3 is 15.3 Å². The number of nitrogens with one attached hydrogen (secondary N) is 2. The van der Waals surface area contributed by atoms with Crippen molar-refractivity contribution in [1.29, 1.82) is 0 Å². The van der Waals surface area contributed by atoms with Crippen LogP contribution in [0.3, 0.4) is 0 Å². The third kappa shape index (κ3) is 3.92. The fourth-order valence-electron chi connectivity index (χ4n) is 2.31. The van der Waals surface area contributed by atoms with Gasteiger partial charge in [0.15, 0.2) is 0 Å². The first-order chi connectivity index (χ1) is 9.97. The summed E-state index contributed by atoms with van der Waals surface area (Å²) in [4.78, 5) is 16.9. The maximum Gasteiger partial charge on any atom is 0.335 e. The average molecular weight is 288 g/mol. The largest absolute Gasteiger partial charge is 0.478 e. The minimum Gasteiger partial charge on any atom is -0.478 e. The van der Waals surface area contributed by atoms with Crippen LogP contribution in [0.5, 0.6) is 0 Å². The van der Waals surface area contributed by atoms with Crippen LogP contribution in [-0.2, 0) is 0 Å². The molecule has 0 bridgehead atoms. The molecule has 0 unspecified atom stereocenters. The molecule has 0 amide bonds. The molecule has 112 valence electrons. The van der Waals surface area contributed by atoms with Crippen LogP contribution in [0.2, 0.25) is 0 Å². The number of anilines is 1. The van der Waals surface area contributed by atoms with Gasteiger partial charge in [0, 0.05) is 29.7 Å². The maximum absolute atomic E-state index is 11.0. The number of nitrogens with zero attached hydrogens (tertiary/aromatic N) is 1. The van der Waals surface area contributed by atoms with Crippen molar-refractivity contribution in [2.75, 3.05) is 32.5 Å². The smallest absolute Gasteiger partial charge is 0.335 e. The summed E-state index contributed by atoms with van der Waals surface area (Å²) in [6.07, 6.45) is 1.08. The van der Waals surface area contributed by atoms with Gasteiger partial charge in [-0.15, -0.1) is 0 Å². The summed E-state index contributed by atoms with van der Waals surface area (Å²) in [7, 11) is 4.28. The van der Waals surface area contributed by atoms with E-state index in [0.717, 1.165) is 41.8 Å². The van der Waals surface area contributed by atoms with E-state index in [-0.39, 0.29) is 5.56 Å². The van der Waals surface area contributed by atoms with Crippen molar-refractivity contribution in [2.24, 2.45) is 0 Å². The molecular formula is C16H22N3O2+. The highest BCUT2D eigenvalue weighted by Gasteiger charge is 2.08. The van der Waals surface area contributed by atoms with Gasteiger partial charge in [0.25, 0.3) is 0 Å². The van der Waals surface area contributed by atoms with Crippen LogP contribution in [0.25, 0.3) is 10.9 Å². The molecule has 2 rings (SSSR count). The van der Waals surface area contributed by atoms with Crippen LogP contribution in [-0.4, -0.2) is 43.2 Å². The van der Waals surface area contributed by atoms with E-state index in [2.05, 4.69) is 24.4 Å². The highest BCUT2D eigenvalue weighted by atomic mass is 16.4. The topological polar surface area (TPSA) is 66.7 Å². The Hall–Kier alpha value is -2.14. The summed E-state index contributed by atoms with van der Waals surface area (Å²) in [5, 5.41) is 13.5. The second-order valence-electron chi connectivity index (χ2n) is 5.59. The predicted molar refractivity (Wildman–Crippen MR) is 84.2 cm³/mol. The van der Waals surface area contributed by atoms with Crippen molar-refractivity contribution < 1.29 is 14.8 Å². The molecule has 3 N–H and O–H groups in total. The third-order valence-corrected chi connectivity index (χ3v) is 3.35. The zero-order chi connectivity index (χ0) is 15.4. The fraction of sp³-hybridized carbons (Fsp3) is 0.375. The molecule has 1 aromatic carbocycles. The SMILES string of the molecule is Cc1cc(NCCC[NH+](C)C)c2ccc(C(=O)O)cc2n1. The lowest BCUT2D eigenvalue weighted by atomic mass is 10.1. The van der Waals surface area contributed by atoms with Crippen LogP contribution in [0.1, 0.15) is 22.5 Å². The summed E-state index contributed by atoms with van der Waals surface area (Å²) < 4.78 is 0. The number of aromatic carboxylic acids is 1. The van der Waals surface area contributed by atoms with Crippen LogP contribution in [0, 0.1) is 6.92 Å². The Bertz CT molecular complexity index is 653. The number of carboxylic acid groups (broad SMARTS) is 1. The zero-order valence-corrected chi connectivity index (χ0v) is 12.7. The fourth-order valence-corrected chi connectivity index (χ4v) is 2.31. The first kappa shape index (κ1) is 15.3. The number of benzene rings is 1. The second kappa shape index (κ2) is 6.54. The molecule has 0 fully saturated rings. The van der Waals surface area contributed by atoms with Crippen LogP contribution < -0.4 is 10.2 Å². The minimum absolute atomic E-state index is 0.266. The highest BCUT2D eigenvalue weighted by Crippen LogP contribution is 2.24. The first-order valence-electron chi connectivity index (χ1n) is 7.15. The quantitative estimate of drug-likeness (QED) is 0.699. The van der Waals surface area contributed by atoms with Crippen LogP contribution >= 0.6 is 0 Å². The third-order valence-electron chi connectivity index (χ3n) is 3.35. The van der Waals surface area contributed by atoms with Crippen LogP contribution in [0.15, 0.2) is 24.3 Å². The molecule has 5 nitrogen and oxygen atoms in total. The van der Waals surface area contributed by atoms with Gasteiger partial charge in [-0.1, -0.05) is 0 Å². The summed E-state index contributed by atoms with van der Waals surface area (Å²) in [6.45, 7) is 3.92. The molecule has 0 aliphatic heterocycles. The van der Waals surface area contributed by atoms with Crippen LogP contribution in [0.4, 0.5) is 5.69 Å². The molecule has 0 atom stereocenters. The van der Waals surface area contributed by atoms with Gasteiger partial charge in [-0.05, 0) is 31.2 Å². The van der Waals surface area contributed by atoms with Crippen molar-refractivity contribution in [3.8, 4) is 0 Å². The molecule has 0 aliphatic rings. The highest BCUT2D eigenvalue weighted by molar-refractivity contribution is 5.97. The number of aryl methyl sites for hydroxylation is 1. The Morgan fingerprint density at radius 3 is 2.76 bits per heavy atom. The number of quaternary nitrogens is 1. The minimum atomic E-state index is -0.927. The molecular weight excluding hydrogens is 266 g/mol. The average Bonchev–Trinajstić information content (AvgIpc) is 2.42. The normalized spacial score (nSPS) is 11.0. The Kier molecular flexibility index (Phi) is 4.75. The molecule has 0 radical (unpaired) electrons. The van der Waals surface area contributed by atoms with Crippen molar-refractivity contribution in [1.82, 2.24) is 4.98 Å². The van der Waals surface area contributed by atoms with E-state index < -0.39 is 5.97 Å². The molecule has 21 heavy (non-hydrogen) atoms. The molecule has 1 aromatic heterocycles. The summed E-state index contributed by atoms with van der Waals surface area (Å²) in [5.74, 6) is -0.927. The Morgan fingerprint density at radius 2 is 2.10 bits per heavy atom. The lowest BCUT2D eigenvalue weighted by Crippen LogP contribution is -3.05. The van der Waals surface area contributed by atoms with E-state index in [1.807, 2.05) is 19.1 Å². The van der Waals surface area contributed by atoms with E-state index in [4.69, 9.17) is 5.11 Å². The van der Waals surface area contributed by atoms with Crippen molar-refractivity contribution in [3.05, 3.63) is 35.5 Å². The molecule has 0 saturated carbocycles. The standard InChI is InChI=1S/C16H21N3O2/c1-11-9-14(17-7-4-8-19(2)3)13-6-5-12(16(20)21)10-15(13)18-11/h5-6,9-10H,4,7-8H2,1-3H3,(H,17,18)(H,20,21)/p+1. The number of hydrogen-bond acceptors (Lipinski definition) is 3. The van der Waals surface area contributed by atoms with E-state index in [1.165, 1.54) is 4.90 Å². The van der Waals surface area contributed by atoms with Gasteiger partial charge in [0.2, 0.25) is 0 Å². The van der Waals surface area contributed by atoms with Gasteiger partial charge in [0.1, 0.15) is 0 Å². The van der Waals surface area contributed by atoms with Gasteiger partial charge in [-0.25, -0.2) is 4.79 Å². The van der Waals surface area contributed by atoms with E-state index in [1.54, 1.807) is 12.1 Å². The Labute approximate surface area is 124 Å². The molecule has 0 spiro atoms. The molecule has 0 saturated heterocycles. The summed E-state index contributed by atoms with van der Waals surface area (Å²) in [5.41, 5.74) is 2.88. The number of hydrogen-bond donors (Lipinski definition) is 3. The Balaban J connectivity index is 2.24. The van der Waals surface area contributed by atoms with E-state index in [9.17, 15) is 4.79 Å². The van der Waals surface area contributed by atoms with E-state index in [0.29, 0.717) is 0 Å². The first-order valence-corrected chi connectivity index (χ1v) is 7.15. The van der Waals surface area contributed by atoms with Crippen molar-refractivity contribution in [3.63, 3.8) is 0 Å². The number of pyridine rings is 1. The van der Waals surface area contributed by atoms with Crippen molar-refractivity contribution in [2.45, 2.75) is 13.3 Å². The lowest BCUT2D eigenvalue weighted by Gasteiger charge is -2.12. The summed E-state index contributed by atoms with van der Waals surface area (Å²) >= 11 is 0. The lowest BCUT2D eigenvalue weighted by molar-refractivity contribution is -0.858. The monoisotopic (exact) mass is 288 g/mol. The predicted octanol–water partition coefficient (Wildman–Crippen LogP) is 1.19. The Morgan fingerprint density at radius 1 is 1.33 bits per heavy atom. The number of aromatic nitrogens is 1. The second-order valence-corrected chi connectivity index (χ2v) is 5.59. The molecule has 1 heterocycles. The van der Waals surface area contributed by atoms with Gasteiger partial charge >= 0.3 is 5.97 Å². The molecule has 5 heteroatoms. The van der Waals surface area contributed by atoms with Crippen molar-refractivity contribution >= 4 is 22.6 Å².